The molecule has 0 aliphatic rings. The van der Waals surface area contributed by atoms with Crippen molar-refractivity contribution in [3.8, 4) is 11.5 Å². The minimum absolute atomic E-state index is 0.218. The monoisotopic (exact) mass is 466 g/mol. The maximum atomic E-state index is 14.2. The number of hydrogen-bond acceptors (Lipinski definition) is 4. The van der Waals surface area contributed by atoms with Gasteiger partial charge in [-0.05, 0) is 48.5 Å². The molecule has 0 aliphatic heterocycles. The summed E-state index contributed by atoms with van der Waals surface area (Å²) >= 11 is 5.98. The summed E-state index contributed by atoms with van der Waals surface area (Å²) in [4.78, 5) is 4.41. The number of benzene rings is 2. The highest BCUT2D eigenvalue weighted by Gasteiger charge is 2.19. The maximum Gasteiger partial charge on any atom is 0.211 e. The van der Waals surface area contributed by atoms with Crippen LogP contribution in [0.2, 0.25) is 5.02 Å². The van der Waals surface area contributed by atoms with Gasteiger partial charge in [0.05, 0.1) is 11.9 Å². The average molecular weight is 467 g/mol. The van der Waals surface area contributed by atoms with E-state index < -0.39 is 11.0 Å². The topological polar surface area (TPSA) is 73.0 Å². The fraction of sp³-hybridized carbons (Fsp3) is 0.0435. The minimum atomic E-state index is -1.63. The molecule has 0 spiro atoms. The third kappa shape index (κ3) is 4.02. The molecule has 3 heterocycles. The summed E-state index contributed by atoms with van der Waals surface area (Å²) in [5.74, 6) is 0.128. The Kier molecular flexibility index (Phi) is 5.46. The van der Waals surface area contributed by atoms with E-state index >= 15 is 0 Å². The van der Waals surface area contributed by atoms with Gasteiger partial charge in [0.2, 0.25) is 5.09 Å². The molecule has 0 aliphatic carbocycles. The summed E-state index contributed by atoms with van der Waals surface area (Å²) in [6.45, 7) is 0.218. The molecule has 160 valence electrons. The fourth-order valence-corrected chi connectivity index (χ4v) is 4.34. The second kappa shape index (κ2) is 8.57. The molecule has 1 unspecified atom stereocenters. The molecule has 2 aromatic carbocycles. The largest absolute Gasteiger partial charge is 0.444 e. The lowest BCUT2D eigenvalue weighted by atomic mass is 10.2. The summed E-state index contributed by atoms with van der Waals surface area (Å²) in [6.07, 6.45) is 1.66. The van der Waals surface area contributed by atoms with Crippen LogP contribution in [0.1, 0.15) is 5.56 Å². The third-order valence-corrected chi connectivity index (χ3v) is 6.06. The SMILES string of the molecule is O=S(Nc1cccc(Cl)c1)c1ccc(-c2nn(Cc3ccccc3F)c3ncccc23)o1. The predicted molar refractivity (Wildman–Crippen MR) is 122 cm³/mol. The van der Waals surface area contributed by atoms with Crippen molar-refractivity contribution < 1.29 is 13.0 Å². The lowest BCUT2D eigenvalue weighted by Gasteiger charge is -2.04. The summed E-state index contributed by atoms with van der Waals surface area (Å²) < 4.78 is 37.2. The van der Waals surface area contributed by atoms with Crippen LogP contribution in [-0.2, 0) is 17.5 Å². The minimum Gasteiger partial charge on any atom is -0.444 e. The Labute approximate surface area is 190 Å². The zero-order chi connectivity index (χ0) is 22.1. The first-order valence-corrected chi connectivity index (χ1v) is 11.2. The summed E-state index contributed by atoms with van der Waals surface area (Å²) in [5, 5.41) is 6.14. The molecule has 3 aromatic heterocycles. The standard InChI is InChI=1S/C23H16ClFN4O2S/c24-16-6-3-7-17(13-16)28-32(30)21-11-10-20(31-21)22-18-8-4-12-26-23(18)29(27-22)14-15-5-1-2-9-19(15)25/h1-13,28H,14H2. The quantitative estimate of drug-likeness (QED) is 0.350. The molecule has 6 nitrogen and oxygen atoms in total. The van der Waals surface area contributed by atoms with Crippen molar-refractivity contribution in [2.75, 3.05) is 4.72 Å². The van der Waals surface area contributed by atoms with E-state index in [0.717, 1.165) is 5.39 Å². The molecule has 0 saturated carbocycles. The first-order chi connectivity index (χ1) is 15.6. The van der Waals surface area contributed by atoms with E-state index in [0.29, 0.717) is 33.4 Å². The average Bonchev–Trinajstić information content (AvgIpc) is 3.41. The number of aromatic nitrogens is 3. The number of pyridine rings is 1. The van der Waals surface area contributed by atoms with E-state index in [1.54, 1.807) is 71.5 Å². The van der Waals surface area contributed by atoms with Gasteiger partial charge in [-0.1, -0.05) is 35.9 Å². The Bertz CT molecular complexity index is 1450. The van der Waals surface area contributed by atoms with Gasteiger partial charge in [-0.2, -0.15) is 5.10 Å². The predicted octanol–water partition coefficient (Wildman–Crippen LogP) is 5.67. The normalized spacial score (nSPS) is 12.2. The van der Waals surface area contributed by atoms with E-state index in [2.05, 4.69) is 14.8 Å². The van der Waals surface area contributed by atoms with Crippen LogP contribution in [0, 0.1) is 5.82 Å². The Balaban J connectivity index is 1.47. The van der Waals surface area contributed by atoms with Crippen LogP contribution in [0.15, 0.2) is 88.5 Å². The number of fused-ring (bicyclic) bond motifs is 1. The van der Waals surface area contributed by atoms with Crippen LogP contribution in [-0.4, -0.2) is 19.0 Å². The van der Waals surface area contributed by atoms with Gasteiger partial charge in [-0.25, -0.2) is 18.3 Å². The van der Waals surface area contributed by atoms with Crippen LogP contribution >= 0.6 is 11.6 Å². The van der Waals surface area contributed by atoms with Gasteiger partial charge in [0.25, 0.3) is 0 Å². The fourth-order valence-electron chi connectivity index (χ4n) is 3.35. The zero-order valence-electron chi connectivity index (χ0n) is 16.5. The van der Waals surface area contributed by atoms with Crippen molar-refractivity contribution in [3.63, 3.8) is 0 Å². The van der Waals surface area contributed by atoms with Crippen molar-refractivity contribution in [1.82, 2.24) is 14.8 Å². The number of furan rings is 1. The van der Waals surface area contributed by atoms with Gasteiger partial charge in [-0.15, -0.1) is 0 Å². The maximum absolute atomic E-state index is 14.2. The molecule has 0 radical (unpaired) electrons. The van der Waals surface area contributed by atoms with E-state index in [4.69, 9.17) is 16.0 Å². The van der Waals surface area contributed by atoms with E-state index in [1.165, 1.54) is 6.07 Å². The summed E-state index contributed by atoms with van der Waals surface area (Å²) in [6, 6.07) is 20.5. The molecule has 5 aromatic rings. The van der Waals surface area contributed by atoms with Crippen molar-refractivity contribution in [2.45, 2.75) is 11.6 Å². The Hall–Kier alpha value is -3.49. The second-order valence-corrected chi connectivity index (χ2v) is 8.55. The molecule has 5 rings (SSSR count). The first-order valence-electron chi connectivity index (χ1n) is 9.67. The van der Waals surface area contributed by atoms with Crippen LogP contribution in [0.3, 0.4) is 0 Å². The number of rotatable bonds is 6. The third-order valence-electron chi connectivity index (χ3n) is 4.82. The van der Waals surface area contributed by atoms with Gasteiger partial charge in [0, 0.05) is 22.5 Å². The van der Waals surface area contributed by atoms with E-state index in [1.807, 2.05) is 6.07 Å². The number of anilines is 1. The molecule has 0 saturated heterocycles. The molecule has 1 atom stereocenters. The number of hydrogen-bond donors (Lipinski definition) is 1. The zero-order valence-corrected chi connectivity index (χ0v) is 18.1. The Morgan fingerprint density at radius 3 is 2.78 bits per heavy atom. The molecule has 1 N–H and O–H groups in total. The number of nitrogens with one attached hydrogen (secondary N) is 1. The smallest absolute Gasteiger partial charge is 0.211 e. The van der Waals surface area contributed by atoms with E-state index in [9.17, 15) is 8.60 Å². The lowest BCUT2D eigenvalue weighted by molar-refractivity contribution is 0.476. The second-order valence-electron chi connectivity index (χ2n) is 6.97. The summed E-state index contributed by atoms with van der Waals surface area (Å²) in [7, 11) is -1.63. The van der Waals surface area contributed by atoms with Crippen molar-refractivity contribution in [3.05, 3.63) is 95.4 Å². The van der Waals surface area contributed by atoms with Crippen molar-refractivity contribution in [2.24, 2.45) is 0 Å². The Morgan fingerprint density at radius 1 is 1.06 bits per heavy atom. The molecular weight excluding hydrogens is 451 g/mol. The van der Waals surface area contributed by atoms with E-state index in [-0.39, 0.29) is 17.5 Å². The van der Waals surface area contributed by atoms with Gasteiger partial charge >= 0.3 is 0 Å². The molecule has 0 fully saturated rings. The number of halogens is 2. The summed E-state index contributed by atoms with van der Waals surface area (Å²) in [5.41, 5.74) is 2.25. The molecule has 0 amide bonds. The highest BCUT2D eigenvalue weighted by Crippen LogP contribution is 2.30. The van der Waals surface area contributed by atoms with Crippen molar-refractivity contribution in [1.29, 1.82) is 0 Å². The molecule has 0 bridgehead atoms. The van der Waals surface area contributed by atoms with Gasteiger partial charge < -0.3 is 4.42 Å². The molecule has 9 heteroatoms. The van der Waals surface area contributed by atoms with Gasteiger partial charge in [0.15, 0.2) is 22.4 Å². The highest BCUT2D eigenvalue weighted by molar-refractivity contribution is 7.86. The number of nitrogens with zero attached hydrogens (tertiary/aromatic N) is 3. The highest BCUT2D eigenvalue weighted by atomic mass is 35.5. The van der Waals surface area contributed by atoms with Crippen LogP contribution in [0.5, 0.6) is 0 Å². The van der Waals surface area contributed by atoms with Crippen LogP contribution in [0.25, 0.3) is 22.5 Å². The molecular formula is C23H16ClFN4O2S. The lowest BCUT2D eigenvalue weighted by Crippen LogP contribution is -2.04. The van der Waals surface area contributed by atoms with Gasteiger partial charge in [0.1, 0.15) is 11.5 Å². The van der Waals surface area contributed by atoms with Crippen molar-refractivity contribution >= 4 is 39.3 Å². The van der Waals surface area contributed by atoms with Gasteiger partial charge in [-0.3, -0.25) is 4.72 Å². The molecule has 32 heavy (non-hydrogen) atoms. The Morgan fingerprint density at radius 2 is 1.94 bits per heavy atom. The van der Waals surface area contributed by atoms with Crippen LogP contribution < -0.4 is 4.72 Å². The van der Waals surface area contributed by atoms with Crippen LogP contribution in [0.4, 0.5) is 10.1 Å². The first kappa shape index (κ1) is 20.4.